The van der Waals surface area contributed by atoms with Gasteiger partial charge in [0.15, 0.2) is 0 Å². The maximum atomic E-state index is 13.2. The summed E-state index contributed by atoms with van der Waals surface area (Å²) in [7, 11) is 0. The Morgan fingerprint density at radius 2 is 2.07 bits per heavy atom. The van der Waals surface area contributed by atoms with Crippen LogP contribution in [0.5, 0.6) is 0 Å². The molecule has 0 aromatic heterocycles. The van der Waals surface area contributed by atoms with Crippen molar-refractivity contribution in [3.63, 3.8) is 0 Å². The summed E-state index contributed by atoms with van der Waals surface area (Å²) in [4.78, 5) is 0. The van der Waals surface area contributed by atoms with Gasteiger partial charge in [-0.1, -0.05) is 6.92 Å². The monoisotopic (exact) mass is 197 g/mol. The Balaban J connectivity index is 3.23. The molecule has 1 aromatic rings. The molecule has 0 aliphatic heterocycles. The number of hydrogen-bond donors (Lipinski definition) is 1. The molecule has 14 heavy (non-hydrogen) atoms. The highest BCUT2D eigenvalue weighted by Crippen LogP contribution is 2.22. The number of hydrogen-bond acceptors (Lipinski definition) is 2. The van der Waals surface area contributed by atoms with Gasteiger partial charge in [-0.05, 0) is 18.6 Å². The number of halogens is 2. The molecular formula is C10H9F2NO. The van der Waals surface area contributed by atoms with Crippen LogP contribution in [0.1, 0.15) is 30.6 Å². The first kappa shape index (κ1) is 10.6. The van der Waals surface area contributed by atoms with Gasteiger partial charge in [-0.25, -0.2) is 8.78 Å². The first-order chi connectivity index (χ1) is 6.60. The van der Waals surface area contributed by atoms with Crippen molar-refractivity contribution in [3.8, 4) is 6.07 Å². The first-order valence-corrected chi connectivity index (χ1v) is 4.17. The Labute approximate surface area is 80.4 Å². The van der Waals surface area contributed by atoms with E-state index in [4.69, 9.17) is 5.26 Å². The van der Waals surface area contributed by atoms with Crippen LogP contribution in [0, 0.1) is 23.0 Å². The quantitative estimate of drug-likeness (QED) is 0.790. The number of nitrogens with zero attached hydrogens (tertiary/aromatic N) is 1. The summed E-state index contributed by atoms with van der Waals surface area (Å²) in [6.45, 7) is 1.65. The standard InChI is InChI=1S/C10H9F2NO/c1-2-10(14)7-4-8(11)6(5-13)3-9(7)12/h3-4,10,14H,2H2,1H3. The van der Waals surface area contributed by atoms with Gasteiger partial charge in [-0.2, -0.15) is 5.26 Å². The summed E-state index contributed by atoms with van der Waals surface area (Å²) in [6.07, 6.45) is -0.736. The highest BCUT2D eigenvalue weighted by atomic mass is 19.1. The molecular weight excluding hydrogens is 188 g/mol. The van der Waals surface area contributed by atoms with Gasteiger partial charge < -0.3 is 5.11 Å². The second-order valence-electron chi connectivity index (χ2n) is 2.89. The van der Waals surface area contributed by atoms with E-state index in [1.54, 1.807) is 6.92 Å². The number of benzene rings is 1. The van der Waals surface area contributed by atoms with Crippen LogP contribution in [0.4, 0.5) is 8.78 Å². The Morgan fingerprint density at radius 1 is 1.43 bits per heavy atom. The molecule has 0 fully saturated rings. The van der Waals surface area contributed by atoms with Crippen molar-refractivity contribution in [2.75, 3.05) is 0 Å². The van der Waals surface area contributed by atoms with E-state index in [9.17, 15) is 13.9 Å². The van der Waals surface area contributed by atoms with Gasteiger partial charge >= 0.3 is 0 Å². The smallest absolute Gasteiger partial charge is 0.141 e. The fraction of sp³-hybridized carbons (Fsp3) is 0.300. The molecule has 0 radical (unpaired) electrons. The van der Waals surface area contributed by atoms with Crippen molar-refractivity contribution in [1.29, 1.82) is 5.26 Å². The second-order valence-corrected chi connectivity index (χ2v) is 2.89. The average Bonchev–Trinajstić information content (AvgIpc) is 2.19. The van der Waals surface area contributed by atoms with Gasteiger partial charge in [-0.3, -0.25) is 0 Å². The Bertz CT molecular complexity index is 384. The molecule has 0 heterocycles. The summed E-state index contributed by atoms with van der Waals surface area (Å²) < 4.78 is 26.2. The second kappa shape index (κ2) is 4.16. The van der Waals surface area contributed by atoms with Crippen molar-refractivity contribution in [2.24, 2.45) is 0 Å². The van der Waals surface area contributed by atoms with Crippen LogP contribution >= 0.6 is 0 Å². The van der Waals surface area contributed by atoms with E-state index < -0.39 is 17.7 Å². The van der Waals surface area contributed by atoms with E-state index in [2.05, 4.69) is 0 Å². The molecule has 0 aliphatic carbocycles. The molecule has 0 saturated heterocycles. The molecule has 1 atom stereocenters. The zero-order valence-electron chi connectivity index (χ0n) is 7.59. The normalized spacial score (nSPS) is 12.2. The van der Waals surface area contributed by atoms with Crippen LogP contribution in [0.15, 0.2) is 12.1 Å². The maximum absolute atomic E-state index is 13.2. The van der Waals surface area contributed by atoms with E-state index in [0.717, 1.165) is 12.1 Å². The predicted octanol–water partition coefficient (Wildman–Crippen LogP) is 2.28. The van der Waals surface area contributed by atoms with E-state index in [0.29, 0.717) is 6.42 Å². The van der Waals surface area contributed by atoms with Gasteiger partial charge in [-0.15, -0.1) is 0 Å². The van der Waals surface area contributed by atoms with E-state index in [1.165, 1.54) is 6.07 Å². The van der Waals surface area contributed by atoms with Crippen molar-refractivity contribution in [3.05, 3.63) is 34.9 Å². The highest BCUT2D eigenvalue weighted by molar-refractivity contribution is 5.35. The molecule has 74 valence electrons. The van der Waals surface area contributed by atoms with Gasteiger partial charge in [0.2, 0.25) is 0 Å². The summed E-state index contributed by atoms with van der Waals surface area (Å²) in [6, 6.07) is 3.18. The topological polar surface area (TPSA) is 44.0 Å². The molecule has 4 heteroatoms. The zero-order valence-corrected chi connectivity index (χ0v) is 7.59. The molecule has 1 N–H and O–H groups in total. The molecule has 0 amide bonds. The van der Waals surface area contributed by atoms with Gasteiger partial charge in [0, 0.05) is 5.56 Å². The predicted molar refractivity (Wildman–Crippen MR) is 46.3 cm³/mol. The van der Waals surface area contributed by atoms with Crippen molar-refractivity contribution in [2.45, 2.75) is 19.4 Å². The lowest BCUT2D eigenvalue weighted by Gasteiger charge is -2.09. The number of aliphatic hydroxyl groups excluding tert-OH is 1. The molecule has 0 spiro atoms. The van der Waals surface area contributed by atoms with E-state index in [-0.39, 0.29) is 11.1 Å². The summed E-state index contributed by atoms with van der Waals surface area (Å²) >= 11 is 0. The van der Waals surface area contributed by atoms with Crippen LogP contribution < -0.4 is 0 Å². The lowest BCUT2D eigenvalue weighted by molar-refractivity contribution is 0.168. The van der Waals surface area contributed by atoms with Gasteiger partial charge in [0.25, 0.3) is 0 Å². The van der Waals surface area contributed by atoms with Crippen LogP contribution in [0.3, 0.4) is 0 Å². The van der Waals surface area contributed by atoms with Crippen LogP contribution in [-0.4, -0.2) is 5.11 Å². The maximum Gasteiger partial charge on any atom is 0.141 e. The first-order valence-electron chi connectivity index (χ1n) is 4.17. The fourth-order valence-electron chi connectivity index (χ4n) is 1.12. The molecule has 1 rings (SSSR count). The summed E-state index contributed by atoms with van der Waals surface area (Å²) in [5, 5.41) is 17.7. The van der Waals surface area contributed by atoms with E-state index in [1.807, 2.05) is 0 Å². The van der Waals surface area contributed by atoms with Gasteiger partial charge in [0.05, 0.1) is 11.7 Å². The third-order valence-corrected chi connectivity index (χ3v) is 1.95. The Kier molecular flexibility index (Phi) is 3.15. The lowest BCUT2D eigenvalue weighted by Crippen LogP contribution is -2.01. The lowest BCUT2D eigenvalue weighted by atomic mass is 10.0. The fourth-order valence-corrected chi connectivity index (χ4v) is 1.12. The highest BCUT2D eigenvalue weighted by Gasteiger charge is 2.14. The number of aliphatic hydroxyl groups is 1. The molecule has 0 bridgehead atoms. The van der Waals surface area contributed by atoms with E-state index >= 15 is 0 Å². The molecule has 0 saturated carbocycles. The zero-order chi connectivity index (χ0) is 10.7. The molecule has 1 unspecified atom stereocenters. The Morgan fingerprint density at radius 3 is 2.57 bits per heavy atom. The van der Waals surface area contributed by atoms with Crippen LogP contribution in [-0.2, 0) is 0 Å². The third-order valence-electron chi connectivity index (χ3n) is 1.95. The largest absolute Gasteiger partial charge is 0.388 e. The third kappa shape index (κ3) is 1.88. The minimum atomic E-state index is -1.03. The van der Waals surface area contributed by atoms with Crippen LogP contribution in [0.2, 0.25) is 0 Å². The number of rotatable bonds is 2. The minimum absolute atomic E-state index is 0.107. The van der Waals surface area contributed by atoms with Gasteiger partial charge in [0.1, 0.15) is 17.7 Å². The van der Waals surface area contributed by atoms with Crippen molar-refractivity contribution < 1.29 is 13.9 Å². The molecule has 1 aromatic carbocycles. The van der Waals surface area contributed by atoms with Crippen molar-refractivity contribution >= 4 is 0 Å². The Hall–Kier alpha value is -1.47. The van der Waals surface area contributed by atoms with Crippen molar-refractivity contribution in [1.82, 2.24) is 0 Å². The molecule has 2 nitrogen and oxygen atoms in total. The minimum Gasteiger partial charge on any atom is -0.388 e. The summed E-state index contributed by atoms with van der Waals surface area (Å²) in [5.74, 6) is -1.56. The SMILES string of the molecule is CCC(O)c1cc(F)c(C#N)cc1F. The number of nitriles is 1. The summed E-state index contributed by atoms with van der Waals surface area (Å²) in [5.41, 5.74) is -0.460. The van der Waals surface area contributed by atoms with Crippen LogP contribution in [0.25, 0.3) is 0 Å². The molecule has 0 aliphatic rings. The average molecular weight is 197 g/mol.